The van der Waals surface area contributed by atoms with Crippen LogP contribution in [0.25, 0.3) is 10.9 Å². The Labute approximate surface area is 194 Å². The third kappa shape index (κ3) is 4.91. The van der Waals surface area contributed by atoms with Crippen LogP contribution in [0, 0.1) is 4.77 Å². The summed E-state index contributed by atoms with van der Waals surface area (Å²) in [5, 5.41) is 3.30. The van der Waals surface area contributed by atoms with E-state index in [1.807, 2.05) is 30.3 Å². The van der Waals surface area contributed by atoms with Crippen LogP contribution in [0.1, 0.15) is 31.8 Å². The first kappa shape index (κ1) is 22.2. The molecule has 0 spiro atoms. The normalized spacial score (nSPS) is 10.7. The number of fused-ring (bicyclic) bond motifs is 1. The highest BCUT2D eigenvalue weighted by Gasteiger charge is 2.11. The van der Waals surface area contributed by atoms with Gasteiger partial charge in [-0.25, -0.2) is 4.79 Å². The van der Waals surface area contributed by atoms with Crippen molar-refractivity contribution in [2.75, 3.05) is 7.11 Å². The van der Waals surface area contributed by atoms with Crippen molar-refractivity contribution in [2.24, 2.45) is 0 Å². The predicted octanol–water partition coefficient (Wildman–Crippen LogP) is 3.82. The lowest BCUT2D eigenvalue weighted by molar-refractivity contribution is 0.0600. The number of ether oxygens (including phenoxy) is 1. The Kier molecular flexibility index (Phi) is 6.46. The molecule has 8 heteroatoms. The van der Waals surface area contributed by atoms with Gasteiger partial charge in [0.1, 0.15) is 0 Å². The van der Waals surface area contributed by atoms with Crippen molar-refractivity contribution >= 4 is 35.0 Å². The van der Waals surface area contributed by atoms with Crippen LogP contribution in [-0.2, 0) is 17.8 Å². The van der Waals surface area contributed by atoms with Crippen LogP contribution in [0.4, 0.5) is 0 Å². The summed E-state index contributed by atoms with van der Waals surface area (Å²) in [6.07, 6.45) is 0. The van der Waals surface area contributed by atoms with Crippen molar-refractivity contribution in [3.8, 4) is 0 Å². The van der Waals surface area contributed by atoms with Crippen molar-refractivity contribution < 1.29 is 14.3 Å². The summed E-state index contributed by atoms with van der Waals surface area (Å²) >= 11 is 5.38. The summed E-state index contributed by atoms with van der Waals surface area (Å²) in [6.45, 7) is 0.690. The molecule has 166 valence electrons. The van der Waals surface area contributed by atoms with Gasteiger partial charge < -0.3 is 15.0 Å². The molecule has 0 fully saturated rings. The van der Waals surface area contributed by atoms with Crippen molar-refractivity contribution in [2.45, 2.75) is 13.1 Å². The smallest absolute Gasteiger partial charge is 0.337 e. The SMILES string of the molecule is COC(=O)c1ccc2c(=O)n(Cc3ccc(C(=O)NCc4ccccc4)cc3)c(=S)[nH]c2c1. The van der Waals surface area contributed by atoms with Gasteiger partial charge in [0.25, 0.3) is 11.5 Å². The molecule has 0 aliphatic heterocycles. The van der Waals surface area contributed by atoms with E-state index in [-0.39, 0.29) is 22.8 Å². The first-order valence-corrected chi connectivity index (χ1v) is 10.6. The molecule has 33 heavy (non-hydrogen) atoms. The van der Waals surface area contributed by atoms with Crippen LogP contribution in [-0.4, -0.2) is 28.5 Å². The maximum absolute atomic E-state index is 13.0. The van der Waals surface area contributed by atoms with Crippen LogP contribution in [0.15, 0.2) is 77.6 Å². The lowest BCUT2D eigenvalue weighted by atomic mass is 10.1. The highest BCUT2D eigenvalue weighted by Crippen LogP contribution is 2.13. The van der Waals surface area contributed by atoms with Crippen molar-refractivity contribution in [1.29, 1.82) is 0 Å². The number of esters is 1. The van der Waals surface area contributed by atoms with Gasteiger partial charge in [-0.2, -0.15) is 0 Å². The first-order chi connectivity index (χ1) is 16.0. The number of carbonyl (C=O) groups excluding carboxylic acids is 2. The van der Waals surface area contributed by atoms with Gasteiger partial charge in [0, 0.05) is 12.1 Å². The summed E-state index contributed by atoms with van der Waals surface area (Å²) in [4.78, 5) is 40.2. The summed E-state index contributed by atoms with van der Waals surface area (Å²) < 4.78 is 6.40. The number of methoxy groups -OCH3 is 1. The van der Waals surface area contributed by atoms with Crippen molar-refractivity contribution in [1.82, 2.24) is 14.9 Å². The highest BCUT2D eigenvalue weighted by molar-refractivity contribution is 7.71. The standard InChI is InChI=1S/C25H21N3O4S/c1-32-24(31)19-11-12-20-21(13-19)27-25(33)28(23(20)30)15-17-7-9-18(10-8-17)22(29)26-14-16-5-3-2-4-6-16/h2-13H,14-15H2,1H3,(H,26,29)(H,27,33). The molecule has 0 aliphatic rings. The van der Waals surface area contributed by atoms with Gasteiger partial charge in [-0.15, -0.1) is 0 Å². The van der Waals surface area contributed by atoms with Crippen LogP contribution >= 0.6 is 12.2 Å². The van der Waals surface area contributed by atoms with E-state index in [0.29, 0.717) is 28.6 Å². The fraction of sp³-hybridized carbons (Fsp3) is 0.120. The Hall–Kier alpha value is -4.04. The van der Waals surface area contributed by atoms with E-state index >= 15 is 0 Å². The molecule has 1 amide bonds. The first-order valence-electron chi connectivity index (χ1n) is 10.2. The van der Waals surface area contributed by atoms with E-state index in [2.05, 4.69) is 10.3 Å². The Balaban J connectivity index is 1.52. The van der Waals surface area contributed by atoms with Crippen LogP contribution in [0.3, 0.4) is 0 Å². The lowest BCUT2D eigenvalue weighted by Gasteiger charge is -2.10. The number of nitrogens with one attached hydrogen (secondary N) is 2. The van der Waals surface area contributed by atoms with Gasteiger partial charge in [-0.05, 0) is 53.7 Å². The van der Waals surface area contributed by atoms with Crippen molar-refractivity contribution in [3.63, 3.8) is 0 Å². The van der Waals surface area contributed by atoms with E-state index < -0.39 is 5.97 Å². The Morgan fingerprint density at radius 3 is 2.36 bits per heavy atom. The molecule has 7 nitrogen and oxygen atoms in total. The minimum atomic E-state index is -0.492. The number of amides is 1. The predicted molar refractivity (Wildman–Crippen MR) is 128 cm³/mol. The molecule has 0 bridgehead atoms. The molecule has 0 saturated carbocycles. The van der Waals surface area contributed by atoms with Crippen molar-refractivity contribution in [3.05, 3.63) is 110 Å². The van der Waals surface area contributed by atoms with Gasteiger partial charge in [0.05, 0.1) is 30.1 Å². The van der Waals surface area contributed by atoms with E-state index in [4.69, 9.17) is 17.0 Å². The lowest BCUT2D eigenvalue weighted by Crippen LogP contribution is -2.24. The number of aromatic nitrogens is 2. The van der Waals surface area contributed by atoms with Crippen LogP contribution < -0.4 is 10.9 Å². The topological polar surface area (TPSA) is 93.2 Å². The number of benzene rings is 3. The number of nitrogens with zero attached hydrogens (tertiary/aromatic N) is 1. The fourth-order valence-corrected chi connectivity index (χ4v) is 3.72. The van der Waals surface area contributed by atoms with Crippen LogP contribution in [0.2, 0.25) is 0 Å². The van der Waals surface area contributed by atoms with Crippen LogP contribution in [0.5, 0.6) is 0 Å². The molecular formula is C25H21N3O4S. The molecule has 0 radical (unpaired) electrons. The molecule has 0 saturated heterocycles. The fourth-order valence-electron chi connectivity index (χ4n) is 3.47. The quantitative estimate of drug-likeness (QED) is 0.338. The second-order valence-electron chi connectivity index (χ2n) is 7.44. The number of hydrogen-bond acceptors (Lipinski definition) is 5. The second kappa shape index (κ2) is 9.62. The molecular weight excluding hydrogens is 438 g/mol. The molecule has 3 aromatic carbocycles. The Morgan fingerprint density at radius 2 is 1.67 bits per heavy atom. The monoisotopic (exact) mass is 459 g/mol. The highest BCUT2D eigenvalue weighted by atomic mass is 32.1. The molecule has 2 N–H and O–H groups in total. The number of H-pyrrole nitrogens is 1. The number of hydrogen-bond donors (Lipinski definition) is 2. The summed E-state index contributed by atoms with van der Waals surface area (Å²) in [6, 6.07) is 21.4. The number of aromatic amines is 1. The zero-order chi connectivity index (χ0) is 23.4. The molecule has 4 rings (SSSR count). The number of carbonyl (C=O) groups is 2. The number of rotatable bonds is 6. The second-order valence-corrected chi connectivity index (χ2v) is 7.83. The van der Waals surface area contributed by atoms with E-state index in [0.717, 1.165) is 11.1 Å². The average molecular weight is 460 g/mol. The maximum Gasteiger partial charge on any atom is 0.337 e. The summed E-state index contributed by atoms with van der Waals surface area (Å²) in [5.74, 6) is -0.666. The Morgan fingerprint density at radius 1 is 0.970 bits per heavy atom. The largest absolute Gasteiger partial charge is 0.465 e. The third-order valence-electron chi connectivity index (χ3n) is 5.26. The maximum atomic E-state index is 13.0. The third-order valence-corrected chi connectivity index (χ3v) is 5.58. The Bertz CT molecular complexity index is 1440. The van der Waals surface area contributed by atoms with E-state index in [1.54, 1.807) is 42.5 Å². The van der Waals surface area contributed by atoms with Gasteiger partial charge in [-0.1, -0.05) is 42.5 Å². The van der Waals surface area contributed by atoms with Gasteiger partial charge >= 0.3 is 5.97 Å². The molecule has 1 aromatic heterocycles. The van der Waals surface area contributed by atoms with E-state index in [9.17, 15) is 14.4 Å². The molecule has 1 heterocycles. The summed E-state index contributed by atoms with van der Waals surface area (Å²) in [5.41, 5.74) is 2.90. The zero-order valence-electron chi connectivity index (χ0n) is 17.8. The minimum absolute atomic E-state index is 0.174. The molecule has 0 atom stereocenters. The molecule has 0 aliphatic carbocycles. The van der Waals surface area contributed by atoms with Gasteiger partial charge in [0.15, 0.2) is 4.77 Å². The minimum Gasteiger partial charge on any atom is -0.465 e. The molecule has 4 aromatic rings. The van der Waals surface area contributed by atoms with Gasteiger partial charge in [-0.3, -0.25) is 14.2 Å². The zero-order valence-corrected chi connectivity index (χ0v) is 18.6. The average Bonchev–Trinajstić information content (AvgIpc) is 2.85. The van der Waals surface area contributed by atoms with Gasteiger partial charge in [0.2, 0.25) is 0 Å². The molecule has 0 unspecified atom stereocenters. The summed E-state index contributed by atoms with van der Waals surface area (Å²) in [7, 11) is 1.30. The van der Waals surface area contributed by atoms with E-state index in [1.165, 1.54) is 11.7 Å².